The van der Waals surface area contributed by atoms with E-state index in [-0.39, 0.29) is 6.10 Å². The zero-order valence-corrected chi connectivity index (χ0v) is 10.5. The van der Waals surface area contributed by atoms with Gasteiger partial charge in [0.2, 0.25) is 0 Å². The molecule has 0 radical (unpaired) electrons. The summed E-state index contributed by atoms with van der Waals surface area (Å²) in [7, 11) is 0. The van der Waals surface area contributed by atoms with E-state index in [4.69, 9.17) is 5.73 Å². The topological polar surface area (TPSA) is 46.2 Å². The van der Waals surface area contributed by atoms with Crippen LogP contribution in [-0.2, 0) is 0 Å². The molecule has 88 valence electrons. The summed E-state index contributed by atoms with van der Waals surface area (Å²) in [5, 5.41) is 10.3. The molecule has 2 unspecified atom stereocenters. The van der Waals surface area contributed by atoms with Crippen LogP contribution in [0.15, 0.2) is 23.1 Å². The van der Waals surface area contributed by atoms with Crippen LogP contribution in [0.25, 0.3) is 0 Å². The number of thioether (sulfide) groups is 1. The van der Waals surface area contributed by atoms with E-state index in [0.29, 0.717) is 5.25 Å². The van der Waals surface area contributed by atoms with Crippen LogP contribution in [0.4, 0.5) is 5.69 Å². The molecule has 2 rings (SSSR count). The SMILES string of the molecule is Cc1c(N)cccc1SC1CCCCC1O. The third kappa shape index (κ3) is 2.53. The van der Waals surface area contributed by atoms with E-state index in [1.807, 2.05) is 19.1 Å². The van der Waals surface area contributed by atoms with Crippen LogP contribution >= 0.6 is 11.8 Å². The fourth-order valence-electron chi connectivity index (χ4n) is 2.14. The van der Waals surface area contributed by atoms with E-state index >= 15 is 0 Å². The van der Waals surface area contributed by atoms with Crippen LogP contribution in [0.2, 0.25) is 0 Å². The Hall–Kier alpha value is -0.670. The molecule has 1 aliphatic carbocycles. The van der Waals surface area contributed by atoms with E-state index in [9.17, 15) is 5.11 Å². The van der Waals surface area contributed by atoms with Gasteiger partial charge in [0.05, 0.1) is 6.10 Å². The molecule has 0 spiro atoms. The van der Waals surface area contributed by atoms with Gasteiger partial charge in [-0.3, -0.25) is 0 Å². The molecule has 2 atom stereocenters. The minimum Gasteiger partial charge on any atom is -0.398 e. The molecule has 16 heavy (non-hydrogen) atoms. The molecule has 3 heteroatoms. The number of anilines is 1. The van der Waals surface area contributed by atoms with Crippen LogP contribution in [0, 0.1) is 6.92 Å². The molecule has 0 heterocycles. The van der Waals surface area contributed by atoms with Crippen molar-refractivity contribution >= 4 is 17.4 Å². The van der Waals surface area contributed by atoms with Gasteiger partial charge in [-0.25, -0.2) is 0 Å². The lowest BCUT2D eigenvalue weighted by atomic mass is 9.97. The highest BCUT2D eigenvalue weighted by atomic mass is 32.2. The molecule has 1 aromatic rings. The lowest BCUT2D eigenvalue weighted by Gasteiger charge is -2.27. The number of nitrogen functional groups attached to an aromatic ring is 1. The maximum atomic E-state index is 9.94. The van der Waals surface area contributed by atoms with Crippen LogP contribution in [0.5, 0.6) is 0 Å². The number of hydrogen-bond donors (Lipinski definition) is 2. The molecule has 0 saturated heterocycles. The second-order valence-electron chi connectivity index (χ2n) is 4.48. The van der Waals surface area contributed by atoms with Crippen molar-refractivity contribution in [3.63, 3.8) is 0 Å². The van der Waals surface area contributed by atoms with Crippen molar-refractivity contribution in [2.75, 3.05) is 5.73 Å². The third-order valence-electron chi connectivity index (χ3n) is 3.27. The molecule has 0 amide bonds. The maximum absolute atomic E-state index is 9.94. The Labute approximate surface area is 101 Å². The van der Waals surface area contributed by atoms with E-state index in [1.165, 1.54) is 11.3 Å². The van der Waals surface area contributed by atoms with Gasteiger partial charge in [-0.2, -0.15) is 0 Å². The highest BCUT2D eigenvalue weighted by molar-refractivity contribution is 8.00. The smallest absolute Gasteiger partial charge is 0.0662 e. The largest absolute Gasteiger partial charge is 0.398 e. The second kappa shape index (κ2) is 5.11. The fraction of sp³-hybridized carbons (Fsp3) is 0.538. The summed E-state index contributed by atoms with van der Waals surface area (Å²) < 4.78 is 0. The van der Waals surface area contributed by atoms with Gasteiger partial charge in [0, 0.05) is 15.8 Å². The summed E-state index contributed by atoms with van der Waals surface area (Å²) >= 11 is 1.78. The van der Waals surface area contributed by atoms with E-state index in [1.54, 1.807) is 11.8 Å². The minimum absolute atomic E-state index is 0.153. The summed E-state index contributed by atoms with van der Waals surface area (Å²) in [4.78, 5) is 1.21. The molecular weight excluding hydrogens is 218 g/mol. The fourth-order valence-corrected chi connectivity index (χ4v) is 3.49. The first kappa shape index (κ1) is 11.8. The average Bonchev–Trinajstić information content (AvgIpc) is 2.28. The Morgan fingerprint density at radius 3 is 2.81 bits per heavy atom. The number of aliphatic hydroxyl groups is 1. The Bertz CT molecular complexity index is 367. The molecule has 1 aromatic carbocycles. The molecule has 2 nitrogen and oxygen atoms in total. The number of aliphatic hydroxyl groups excluding tert-OH is 1. The number of rotatable bonds is 2. The molecular formula is C13H19NOS. The first-order chi connectivity index (χ1) is 7.68. The lowest BCUT2D eigenvalue weighted by Crippen LogP contribution is -2.26. The van der Waals surface area contributed by atoms with Gasteiger partial charge in [0.25, 0.3) is 0 Å². The van der Waals surface area contributed by atoms with Crippen molar-refractivity contribution in [3.8, 4) is 0 Å². The predicted molar refractivity (Wildman–Crippen MR) is 69.7 cm³/mol. The van der Waals surface area contributed by atoms with E-state index in [0.717, 1.165) is 30.5 Å². The van der Waals surface area contributed by atoms with Crippen LogP contribution in [-0.4, -0.2) is 16.5 Å². The van der Waals surface area contributed by atoms with Crippen LogP contribution in [0.3, 0.4) is 0 Å². The Balaban J connectivity index is 2.10. The van der Waals surface area contributed by atoms with Crippen molar-refractivity contribution in [3.05, 3.63) is 23.8 Å². The predicted octanol–water partition coefficient (Wildman–Crippen LogP) is 2.97. The Morgan fingerprint density at radius 1 is 1.31 bits per heavy atom. The molecule has 1 fully saturated rings. The van der Waals surface area contributed by atoms with Crippen molar-refractivity contribution in [2.45, 2.75) is 48.9 Å². The van der Waals surface area contributed by atoms with Crippen molar-refractivity contribution in [2.24, 2.45) is 0 Å². The van der Waals surface area contributed by atoms with Crippen LogP contribution in [0.1, 0.15) is 31.2 Å². The average molecular weight is 237 g/mol. The van der Waals surface area contributed by atoms with Gasteiger partial charge in [0.15, 0.2) is 0 Å². The molecule has 3 N–H and O–H groups in total. The third-order valence-corrected chi connectivity index (χ3v) is 4.82. The van der Waals surface area contributed by atoms with Gasteiger partial charge >= 0.3 is 0 Å². The first-order valence-electron chi connectivity index (χ1n) is 5.88. The Morgan fingerprint density at radius 2 is 2.06 bits per heavy atom. The molecule has 0 bridgehead atoms. The number of nitrogens with two attached hydrogens (primary N) is 1. The van der Waals surface area contributed by atoms with E-state index in [2.05, 4.69) is 6.07 Å². The standard InChI is InChI=1S/C13H19NOS/c1-9-10(14)5-4-8-12(9)16-13-7-3-2-6-11(13)15/h4-5,8,11,13,15H,2-3,6-7,14H2,1H3. The minimum atomic E-state index is -0.153. The lowest BCUT2D eigenvalue weighted by molar-refractivity contribution is 0.137. The van der Waals surface area contributed by atoms with Crippen molar-refractivity contribution in [1.82, 2.24) is 0 Å². The van der Waals surface area contributed by atoms with E-state index < -0.39 is 0 Å². The quantitative estimate of drug-likeness (QED) is 0.777. The maximum Gasteiger partial charge on any atom is 0.0662 e. The van der Waals surface area contributed by atoms with Crippen LogP contribution < -0.4 is 5.73 Å². The summed E-state index contributed by atoms with van der Waals surface area (Å²) in [6, 6.07) is 6.01. The van der Waals surface area contributed by atoms with Gasteiger partial charge in [-0.15, -0.1) is 11.8 Å². The summed E-state index contributed by atoms with van der Waals surface area (Å²) in [6.45, 7) is 2.05. The van der Waals surface area contributed by atoms with Crippen molar-refractivity contribution in [1.29, 1.82) is 0 Å². The zero-order valence-electron chi connectivity index (χ0n) is 9.65. The highest BCUT2D eigenvalue weighted by Gasteiger charge is 2.24. The number of benzene rings is 1. The summed E-state index contributed by atoms with van der Waals surface area (Å²) in [6.07, 6.45) is 4.29. The number of hydrogen-bond acceptors (Lipinski definition) is 3. The highest BCUT2D eigenvalue weighted by Crippen LogP contribution is 2.36. The Kier molecular flexibility index (Phi) is 3.77. The van der Waals surface area contributed by atoms with Gasteiger partial charge < -0.3 is 10.8 Å². The monoisotopic (exact) mass is 237 g/mol. The molecule has 0 aliphatic heterocycles. The van der Waals surface area contributed by atoms with Gasteiger partial charge in [-0.05, 0) is 37.5 Å². The second-order valence-corrected chi connectivity index (χ2v) is 5.76. The van der Waals surface area contributed by atoms with Crippen molar-refractivity contribution < 1.29 is 5.11 Å². The summed E-state index contributed by atoms with van der Waals surface area (Å²) in [5.74, 6) is 0. The molecule has 1 aliphatic rings. The van der Waals surface area contributed by atoms with Gasteiger partial charge in [-0.1, -0.05) is 18.9 Å². The zero-order chi connectivity index (χ0) is 11.5. The summed E-state index contributed by atoms with van der Waals surface area (Å²) in [5.41, 5.74) is 7.87. The molecule has 1 saturated carbocycles. The molecule has 0 aromatic heterocycles. The van der Waals surface area contributed by atoms with Gasteiger partial charge in [0.1, 0.15) is 0 Å². The normalized spacial score (nSPS) is 25.6. The first-order valence-corrected chi connectivity index (χ1v) is 6.76.